The first-order valence-corrected chi connectivity index (χ1v) is 6.67. The Bertz CT molecular complexity index is 277. The maximum atomic E-state index is 11.6. The molecule has 94 valence electrons. The van der Waals surface area contributed by atoms with Crippen LogP contribution in [0.3, 0.4) is 0 Å². The Balaban J connectivity index is 2.30. The molecule has 0 aromatic rings. The number of hydrogen-bond donors (Lipinski definition) is 0. The molecule has 1 saturated heterocycles. The van der Waals surface area contributed by atoms with Gasteiger partial charge in [-0.1, -0.05) is 0 Å². The molecule has 1 aliphatic heterocycles. The van der Waals surface area contributed by atoms with Crippen molar-refractivity contribution in [3.8, 4) is 0 Å². The summed E-state index contributed by atoms with van der Waals surface area (Å²) in [5.74, 6) is -0.477. The van der Waals surface area contributed by atoms with Crippen LogP contribution in [-0.4, -0.2) is 34.2 Å². The molecule has 0 N–H and O–H groups in total. The van der Waals surface area contributed by atoms with Gasteiger partial charge in [-0.25, -0.2) is 4.21 Å². The molecule has 1 atom stereocenters. The maximum absolute atomic E-state index is 11.6. The first-order valence-electron chi connectivity index (χ1n) is 5.56. The third-order valence-corrected chi connectivity index (χ3v) is 3.71. The summed E-state index contributed by atoms with van der Waals surface area (Å²) in [5.41, 5.74) is 0. The fourth-order valence-corrected chi connectivity index (χ4v) is 1.86. The summed E-state index contributed by atoms with van der Waals surface area (Å²) in [5, 5.41) is 0. The third-order valence-electron chi connectivity index (χ3n) is 2.32. The van der Waals surface area contributed by atoms with E-state index in [-0.39, 0.29) is 4.75 Å². The van der Waals surface area contributed by atoms with Crippen LogP contribution in [0.25, 0.3) is 0 Å². The molecule has 1 heterocycles. The molecule has 0 saturated carbocycles. The minimum atomic E-state index is -1.17. The zero-order valence-corrected chi connectivity index (χ0v) is 11.3. The molecule has 1 aliphatic rings. The minimum absolute atomic E-state index is 0.291. The van der Waals surface area contributed by atoms with Crippen LogP contribution in [-0.2, 0) is 20.5 Å². The van der Waals surface area contributed by atoms with Gasteiger partial charge in [0.1, 0.15) is 11.0 Å². The Morgan fingerprint density at radius 1 is 1.38 bits per heavy atom. The lowest BCUT2D eigenvalue weighted by Gasteiger charge is -2.20. The van der Waals surface area contributed by atoms with Crippen molar-refractivity contribution in [3.05, 3.63) is 0 Å². The summed E-state index contributed by atoms with van der Waals surface area (Å²) in [6.45, 7) is 8.96. The van der Waals surface area contributed by atoms with Crippen LogP contribution in [0.5, 0.6) is 0 Å². The first kappa shape index (κ1) is 13.8. The van der Waals surface area contributed by atoms with Gasteiger partial charge in [0, 0.05) is 12.6 Å². The average molecular weight is 247 g/mol. The Kier molecular flexibility index (Phi) is 4.64. The van der Waals surface area contributed by atoms with E-state index in [9.17, 15) is 4.21 Å². The van der Waals surface area contributed by atoms with E-state index in [0.29, 0.717) is 13.2 Å². The van der Waals surface area contributed by atoms with Crippen molar-refractivity contribution in [2.45, 2.75) is 51.1 Å². The molecule has 0 unspecified atom stereocenters. The Hall–Kier alpha value is -0.260. The van der Waals surface area contributed by atoms with Crippen molar-refractivity contribution < 1.29 is 13.7 Å². The van der Waals surface area contributed by atoms with Gasteiger partial charge < -0.3 is 9.47 Å². The van der Waals surface area contributed by atoms with E-state index >= 15 is 0 Å². The monoisotopic (exact) mass is 247 g/mol. The van der Waals surface area contributed by atoms with Crippen molar-refractivity contribution in [2.24, 2.45) is 4.40 Å². The second-order valence-electron chi connectivity index (χ2n) is 5.02. The molecule has 5 heteroatoms. The lowest BCUT2D eigenvalue weighted by atomic mass is 10.2. The van der Waals surface area contributed by atoms with Crippen LogP contribution >= 0.6 is 0 Å². The van der Waals surface area contributed by atoms with Gasteiger partial charge in [-0.15, -0.1) is 0 Å². The first-order chi connectivity index (χ1) is 7.33. The smallest absolute Gasteiger partial charge is 0.166 e. The lowest BCUT2D eigenvalue weighted by Crippen LogP contribution is -2.25. The van der Waals surface area contributed by atoms with Gasteiger partial charge in [-0.2, -0.15) is 4.40 Å². The van der Waals surface area contributed by atoms with Crippen LogP contribution in [0.2, 0.25) is 0 Å². The zero-order valence-electron chi connectivity index (χ0n) is 10.5. The van der Waals surface area contributed by atoms with Crippen molar-refractivity contribution in [1.82, 2.24) is 0 Å². The molecular weight excluding hydrogens is 226 g/mol. The highest BCUT2D eigenvalue weighted by atomic mass is 32.2. The van der Waals surface area contributed by atoms with E-state index < -0.39 is 16.8 Å². The van der Waals surface area contributed by atoms with E-state index in [1.54, 1.807) is 6.21 Å². The Morgan fingerprint density at radius 3 is 2.44 bits per heavy atom. The van der Waals surface area contributed by atoms with E-state index in [1.807, 2.05) is 27.7 Å². The predicted octanol–water partition coefficient (Wildman–Crippen LogP) is 2.06. The van der Waals surface area contributed by atoms with Crippen molar-refractivity contribution in [1.29, 1.82) is 0 Å². The Labute approximate surface area is 100 Å². The molecule has 0 aromatic heterocycles. The van der Waals surface area contributed by atoms with E-state index in [4.69, 9.17) is 9.47 Å². The average Bonchev–Trinajstić information content (AvgIpc) is 2.58. The minimum Gasteiger partial charge on any atom is -0.348 e. The summed E-state index contributed by atoms with van der Waals surface area (Å²) < 4.78 is 26.2. The van der Waals surface area contributed by atoms with Crippen molar-refractivity contribution in [2.75, 3.05) is 13.2 Å². The largest absolute Gasteiger partial charge is 0.348 e. The summed E-state index contributed by atoms with van der Waals surface area (Å²) in [6, 6.07) is 0. The van der Waals surface area contributed by atoms with Crippen LogP contribution in [0, 0.1) is 0 Å². The summed E-state index contributed by atoms with van der Waals surface area (Å²) in [4.78, 5) is 0. The van der Waals surface area contributed by atoms with Gasteiger partial charge in [0.2, 0.25) is 0 Å². The molecule has 4 nitrogen and oxygen atoms in total. The summed E-state index contributed by atoms with van der Waals surface area (Å²) >= 11 is 0. The van der Waals surface area contributed by atoms with E-state index in [1.165, 1.54) is 0 Å². The standard InChI is InChI=1S/C11H21NO3S/c1-10(2,3)16(13)12-7-5-6-11(4)14-8-9-15-11/h7H,5-6,8-9H2,1-4H3/b12-7+/t16-/m0/s1. The fraction of sp³-hybridized carbons (Fsp3) is 0.909. The molecule has 0 spiro atoms. The van der Waals surface area contributed by atoms with Crippen LogP contribution < -0.4 is 0 Å². The molecule has 0 bridgehead atoms. The molecule has 16 heavy (non-hydrogen) atoms. The number of rotatable bonds is 4. The molecule has 0 amide bonds. The molecular formula is C11H21NO3S. The number of ether oxygens (including phenoxy) is 2. The predicted molar refractivity (Wildman–Crippen MR) is 65.9 cm³/mol. The van der Waals surface area contributed by atoms with Crippen LogP contribution in [0.15, 0.2) is 4.40 Å². The maximum Gasteiger partial charge on any atom is 0.166 e. The van der Waals surface area contributed by atoms with Gasteiger partial charge in [0.15, 0.2) is 5.79 Å². The number of hydrogen-bond acceptors (Lipinski definition) is 3. The highest BCUT2D eigenvalue weighted by molar-refractivity contribution is 7.85. The SMILES string of the molecule is CC1(CC/C=N/[S@@](=O)C(C)(C)C)OCCO1. The van der Waals surface area contributed by atoms with Crippen LogP contribution in [0.4, 0.5) is 0 Å². The number of nitrogens with zero attached hydrogens (tertiary/aromatic N) is 1. The highest BCUT2D eigenvalue weighted by Gasteiger charge is 2.29. The van der Waals surface area contributed by atoms with Gasteiger partial charge >= 0.3 is 0 Å². The quantitative estimate of drug-likeness (QED) is 0.714. The Morgan fingerprint density at radius 2 is 1.94 bits per heavy atom. The molecule has 0 radical (unpaired) electrons. The van der Waals surface area contributed by atoms with Crippen molar-refractivity contribution >= 4 is 17.2 Å². The second kappa shape index (κ2) is 5.38. The van der Waals surface area contributed by atoms with Gasteiger partial charge in [-0.05, 0) is 34.1 Å². The fourth-order valence-electron chi connectivity index (χ4n) is 1.31. The second-order valence-corrected chi connectivity index (χ2v) is 6.95. The highest BCUT2D eigenvalue weighted by Crippen LogP contribution is 2.23. The molecule has 0 aromatic carbocycles. The van der Waals surface area contributed by atoms with Gasteiger partial charge in [0.05, 0.1) is 18.0 Å². The normalized spacial score (nSPS) is 22.8. The molecule has 1 rings (SSSR count). The van der Waals surface area contributed by atoms with E-state index in [2.05, 4.69) is 4.40 Å². The van der Waals surface area contributed by atoms with Crippen LogP contribution in [0.1, 0.15) is 40.5 Å². The van der Waals surface area contributed by atoms with Gasteiger partial charge in [0.25, 0.3) is 0 Å². The summed E-state index contributed by atoms with van der Waals surface area (Å²) in [7, 11) is -1.17. The topological polar surface area (TPSA) is 47.9 Å². The summed E-state index contributed by atoms with van der Waals surface area (Å²) in [6.07, 6.45) is 3.17. The molecule has 1 fully saturated rings. The molecule has 0 aliphatic carbocycles. The third kappa shape index (κ3) is 4.31. The lowest BCUT2D eigenvalue weighted by molar-refractivity contribution is -0.144. The van der Waals surface area contributed by atoms with Gasteiger partial charge in [-0.3, -0.25) is 0 Å². The van der Waals surface area contributed by atoms with Crippen molar-refractivity contribution in [3.63, 3.8) is 0 Å². The van der Waals surface area contributed by atoms with E-state index in [0.717, 1.165) is 12.8 Å². The zero-order chi connectivity index (χ0) is 12.2.